The minimum atomic E-state index is -3.88. The average molecular weight is 394 g/mol. The lowest BCUT2D eigenvalue weighted by atomic mass is 10.2. The molecule has 0 radical (unpaired) electrons. The summed E-state index contributed by atoms with van der Waals surface area (Å²) < 4.78 is 42.4. The number of carbonyl (C=O) groups is 1. The van der Waals surface area contributed by atoms with Gasteiger partial charge in [0.25, 0.3) is 15.9 Å². The van der Waals surface area contributed by atoms with Crippen LogP contribution < -0.4 is 5.32 Å². The number of hydrogen-bond donors (Lipinski definition) is 1. The molecule has 0 bridgehead atoms. The zero-order chi connectivity index (χ0) is 19.4. The zero-order valence-electron chi connectivity index (χ0n) is 15.2. The Balaban J connectivity index is 1.94. The number of hydrogen-bond acceptors (Lipinski definition) is 4. The third-order valence-corrected chi connectivity index (χ3v) is 6.36. The van der Waals surface area contributed by atoms with Gasteiger partial charge in [0.2, 0.25) is 5.03 Å². The molecule has 1 N–H and O–H groups in total. The van der Waals surface area contributed by atoms with Crippen LogP contribution in [0.5, 0.6) is 0 Å². The topological polar surface area (TPSA) is 84.3 Å². The van der Waals surface area contributed by atoms with Crippen LogP contribution in [0.1, 0.15) is 43.0 Å². The van der Waals surface area contributed by atoms with Crippen molar-refractivity contribution in [3.63, 3.8) is 0 Å². The van der Waals surface area contributed by atoms with Crippen LogP contribution in [0.15, 0.2) is 35.5 Å². The van der Waals surface area contributed by atoms with Crippen molar-refractivity contribution in [1.29, 1.82) is 0 Å². The summed E-state index contributed by atoms with van der Waals surface area (Å²) in [6.45, 7) is 3.08. The van der Waals surface area contributed by atoms with E-state index in [1.807, 2.05) is 6.92 Å². The lowest BCUT2D eigenvalue weighted by Gasteiger charge is -2.19. The van der Waals surface area contributed by atoms with Gasteiger partial charge in [-0.25, -0.2) is 12.8 Å². The summed E-state index contributed by atoms with van der Waals surface area (Å²) in [4.78, 5) is 12.7. The molecule has 7 nitrogen and oxygen atoms in total. The molecule has 2 aromatic rings. The third kappa shape index (κ3) is 4.36. The van der Waals surface area contributed by atoms with Crippen LogP contribution in [0.3, 0.4) is 0 Å². The maximum absolute atomic E-state index is 13.4. The van der Waals surface area contributed by atoms with Crippen molar-refractivity contribution < 1.29 is 17.6 Å². The van der Waals surface area contributed by atoms with Gasteiger partial charge in [0.05, 0.1) is 5.56 Å². The molecule has 1 aromatic carbocycles. The summed E-state index contributed by atoms with van der Waals surface area (Å²) >= 11 is 0. The monoisotopic (exact) mass is 394 g/mol. The summed E-state index contributed by atoms with van der Waals surface area (Å²) in [5, 5.41) is 6.44. The van der Waals surface area contributed by atoms with Crippen molar-refractivity contribution in [3.8, 4) is 0 Å². The number of aryl methyl sites for hydroxylation is 1. The maximum atomic E-state index is 13.4. The quantitative estimate of drug-likeness (QED) is 0.845. The van der Waals surface area contributed by atoms with Gasteiger partial charge >= 0.3 is 0 Å². The molecule has 1 aliphatic heterocycles. The molecule has 1 aliphatic rings. The first kappa shape index (κ1) is 19.5. The van der Waals surface area contributed by atoms with Gasteiger partial charge < -0.3 is 5.32 Å². The Kier molecular flexibility index (Phi) is 5.91. The van der Waals surface area contributed by atoms with E-state index < -0.39 is 21.7 Å². The molecule has 0 aliphatic carbocycles. The van der Waals surface area contributed by atoms with Gasteiger partial charge in [-0.1, -0.05) is 18.9 Å². The number of benzene rings is 1. The first-order valence-corrected chi connectivity index (χ1v) is 10.5. The average Bonchev–Trinajstić information content (AvgIpc) is 2.89. The van der Waals surface area contributed by atoms with E-state index in [9.17, 15) is 17.6 Å². The molecule has 1 saturated heterocycles. The van der Waals surface area contributed by atoms with Crippen molar-refractivity contribution in [2.24, 2.45) is 0 Å². The Labute approximate surface area is 158 Å². The van der Waals surface area contributed by atoms with E-state index in [1.54, 1.807) is 0 Å². The number of carbonyl (C=O) groups excluding carboxylic acids is 1. The van der Waals surface area contributed by atoms with E-state index in [1.165, 1.54) is 39.4 Å². The van der Waals surface area contributed by atoms with Crippen LogP contribution in [0.2, 0.25) is 0 Å². The Morgan fingerprint density at radius 1 is 1.22 bits per heavy atom. The van der Waals surface area contributed by atoms with Crippen molar-refractivity contribution >= 4 is 21.6 Å². The van der Waals surface area contributed by atoms with Crippen LogP contribution in [0.25, 0.3) is 0 Å². The highest BCUT2D eigenvalue weighted by Gasteiger charge is 2.33. The van der Waals surface area contributed by atoms with E-state index in [0.717, 1.165) is 25.7 Å². The number of amides is 1. The number of halogens is 1. The smallest absolute Gasteiger partial charge is 0.263 e. The molecular weight excluding hydrogens is 371 g/mol. The molecule has 9 heteroatoms. The summed E-state index contributed by atoms with van der Waals surface area (Å²) in [6.07, 6.45) is 4.97. The SMILES string of the molecule is CCn1cc(C(=O)Nc2cccc(F)c2)c(S(=O)(=O)N2CCCCCC2)n1. The molecule has 0 spiro atoms. The molecule has 0 saturated carbocycles. The zero-order valence-corrected chi connectivity index (χ0v) is 16.0. The van der Waals surface area contributed by atoms with Crippen molar-refractivity contribution in [2.45, 2.75) is 44.2 Å². The summed E-state index contributed by atoms with van der Waals surface area (Å²) in [5.41, 5.74) is 0.215. The van der Waals surface area contributed by atoms with Gasteiger partial charge in [0.15, 0.2) is 0 Å². The number of rotatable bonds is 5. The fourth-order valence-corrected chi connectivity index (χ4v) is 4.70. The van der Waals surface area contributed by atoms with Gasteiger partial charge in [-0.05, 0) is 38.0 Å². The highest BCUT2D eigenvalue weighted by atomic mass is 32.2. The lowest BCUT2D eigenvalue weighted by Crippen LogP contribution is -2.33. The fraction of sp³-hybridized carbons (Fsp3) is 0.444. The fourth-order valence-electron chi connectivity index (χ4n) is 3.08. The predicted octanol–water partition coefficient (Wildman–Crippen LogP) is 2.86. The second-order valence-electron chi connectivity index (χ2n) is 6.49. The van der Waals surface area contributed by atoms with Gasteiger partial charge in [-0.2, -0.15) is 9.40 Å². The van der Waals surface area contributed by atoms with E-state index in [2.05, 4.69) is 10.4 Å². The molecule has 0 atom stereocenters. The normalized spacial score (nSPS) is 16.1. The Morgan fingerprint density at radius 2 is 1.93 bits per heavy atom. The van der Waals surface area contributed by atoms with Crippen molar-refractivity contribution in [3.05, 3.63) is 41.8 Å². The Hall–Kier alpha value is -2.26. The van der Waals surface area contributed by atoms with Crippen molar-refractivity contribution in [1.82, 2.24) is 14.1 Å². The number of anilines is 1. The number of aromatic nitrogens is 2. The summed E-state index contributed by atoms with van der Waals surface area (Å²) in [7, 11) is -3.88. The maximum Gasteiger partial charge on any atom is 0.263 e. The summed E-state index contributed by atoms with van der Waals surface area (Å²) in [5.74, 6) is -1.12. The molecule has 3 rings (SSSR count). The van der Waals surface area contributed by atoms with E-state index in [0.29, 0.717) is 19.6 Å². The molecule has 0 unspecified atom stereocenters. The first-order chi connectivity index (χ1) is 12.9. The number of nitrogens with zero attached hydrogens (tertiary/aromatic N) is 3. The molecule has 1 aromatic heterocycles. The highest BCUT2D eigenvalue weighted by Crippen LogP contribution is 2.23. The van der Waals surface area contributed by atoms with E-state index in [-0.39, 0.29) is 16.3 Å². The largest absolute Gasteiger partial charge is 0.322 e. The number of sulfonamides is 1. The summed E-state index contributed by atoms with van der Waals surface area (Å²) in [6, 6.07) is 5.44. The third-order valence-electron chi connectivity index (χ3n) is 4.53. The standard InChI is InChI=1S/C18H23FN4O3S/c1-2-22-13-16(17(24)20-15-9-7-8-14(19)12-15)18(21-22)27(25,26)23-10-5-3-4-6-11-23/h7-9,12-13H,2-6,10-11H2,1H3,(H,20,24). The van der Waals surface area contributed by atoms with Gasteiger partial charge in [0.1, 0.15) is 5.82 Å². The van der Waals surface area contributed by atoms with Crippen LogP contribution >= 0.6 is 0 Å². The Bertz CT molecular complexity index is 918. The molecule has 2 heterocycles. The van der Waals surface area contributed by atoms with Gasteiger partial charge in [-0.3, -0.25) is 9.48 Å². The van der Waals surface area contributed by atoms with Crippen LogP contribution in [-0.4, -0.2) is 41.5 Å². The van der Waals surface area contributed by atoms with Gasteiger partial charge in [-0.15, -0.1) is 0 Å². The lowest BCUT2D eigenvalue weighted by molar-refractivity contribution is 0.102. The van der Waals surface area contributed by atoms with Crippen LogP contribution in [0, 0.1) is 5.82 Å². The molecule has 1 amide bonds. The van der Waals surface area contributed by atoms with Crippen LogP contribution in [0.4, 0.5) is 10.1 Å². The van der Waals surface area contributed by atoms with E-state index in [4.69, 9.17) is 0 Å². The minimum Gasteiger partial charge on any atom is -0.322 e. The van der Waals surface area contributed by atoms with Gasteiger partial charge in [0, 0.05) is 31.5 Å². The van der Waals surface area contributed by atoms with E-state index >= 15 is 0 Å². The number of nitrogens with one attached hydrogen (secondary N) is 1. The second kappa shape index (κ2) is 8.18. The highest BCUT2D eigenvalue weighted by molar-refractivity contribution is 7.89. The minimum absolute atomic E-state index is 0.0367. The molecule has 146 valence electrons. The first-order valence-electron chi connectivity index (χ1n) is 9.06. The predicted molar refractivity (Wildman–Crippen MR) is 99.5 cm³/mol. The second-order valence-corrected chi connectivity index (χ2v) is 8.34. The van der Waals surface area contributed by atoms with Crippen LogP contribution in [-0.2, 0) is 16.6 Å². The molecular formula is C18H23FN4O3S. The molecule has 27 heavy (non-hydrogen) atoms. The molecule has 1 fully saturated rings. The van der Waals surface area contributed by atoms with Crippen molar-refractivity contribution in [2.75, 3.05) is 18.4 Å². The Morgan fingerprint density at radius 3 is 2.56 bits per heavy atom.